The predicted octanol–water partition coefficient (Wildman–Crippen LogP) is 5.92. The molecule has 0 aliphatic carbocycles. The molecule has 3 aromatic carbocycles. The lowest BCUT2D eigenvalue weighted by Gasteiger charge is -2.45. The fourth-order valence-corrected chi connectivity index (χ4v) is 4.66. The highest BCUT2D eigenvalue weighted by Crippen LogP contribution is 2.36. The standard InChI is InChI=1S/C27H27F3N2O2/c1-18(19-3-5-20(6-4-19)24-12-11-23(29)17-25(24)30)32-15-14-27(13-2-16-33,31-26(32)34)21-7-9-22(28)10-8-21/h3-12,17-18,33H,2,13-16H2,1H3,(H,31,34)/t18-,27+/m0/s1. The predicted molar refractivity (Wildman–Crippen MR) is 124 cm³/mol. The number of hydrogen-bond donors (Lipinski definition) is 2. The van der Waals surface area contributed by atoms with E-state index in [9.17, 15) is 23.1 Å². The van der Waals surface area contributed by atoms with E-state index in [0.29, 0.717) is 36.9 Å². The Hall–Kier alpha value is -3.32. The topological polar surface area (TPSA) is 52.6 Å². The van der Waals surface area contributed by atoms with Crippen LogP contribution < -0.4 is 5.32 Å². The number of hydrogen-bond acceptors (Lipinski definition) is 2. The Morgan fingerprint density at radius 2 is 1.68 bits per heavy atom. The highest BCUT2D eigenvalue weighted by atomic mass is 19.1. The first-order valence-electron chi connectivity index (χ1n) is 11.3. The summed E-state index contributed by atoms with van der Waals surface area (Å²) in [6.45, 7) is 2.40. The molecule has 0 unspecified atom stereocenters. The third-order valence-electron chi connectivity index (χ3n) is 6.65. The molecule has 0 bridgehead atoms. The molecule has 1 aliphatic rings. The largest absolute Gasteiger partial charge is 0.396 e. The van der Waals surface area contributed by atoms with Crippen molar-refractivity contribution in [2.24, 2.45) is 0 Å². The van der Waals surface area contributed by atoms with Crippen LogP contribution in [0.1, 0.15) is 43.4 Å². The lowest BCUT2D eigenvalue weighted by Crippen LogP contribution is -2.58. The molecule has 1 aliphatic heterocycles. The van der Waals surface area contributed by atoms with Crippen LogP contribution in [-0.2, 0) is 5.54 Å². The zero-order chi connectivity index (χ0) is 24.3. The van der Waals surface area contributed by atoms with E-state index in [0.717, 1.165) is 17.2 Å². The van der Waals surface area contributed by atoms with Crippen molar-refractivity contribution in [2.75, 3.05) is 13.2 Å². The Morgan fingerprint density at radius 3 is 2.29 bits per heavy atom. The van der Waals surface area contributed by atoms with E-state index >= 15 is 0 Å². The molecule has 2 atom stereocenters. The number of aliphatic hydroxyl groups excluding tert-OH is 1. The monoisotopic (exact) mass is 468 g/mol. The average molecular weight is 469 g/mol. The van der Waals surface area contributed by atoms with Crippen molar-refractivity contribution in [3.8, 4) is 11.1 Å². The van der Waals surface area contributed by atoms with Crippen LogP contribution >= 0.6 is 0 Å². The van der Waals surface area contributed by atoms with E-state index < -0.39 is 17.2 Å². The second-order valence-electron chi connectivity index (χ2n) is 8.71. The van der Waals surface area contributed by atoms with Crippen LogP contribution in [0, 0.1) is 17.5 Å². The number of nitrogens with zero attached hydrogens (tertiary/aromatic N) is 1. The summed E-state index contributed by atoms with van der Waals surface area (Å²) in [5.74, 6) is -1.60. The zero-order valence-electron chi connectivity index (χ0n) is 18.9. The lowest BCUT2D eigenvalue weighted by atomic mass is 9.81. The van der Waals surface area contributed by atoms with Gasteiger partial charge in [0.25, 0.3) is 0 Å². The molecule has 4 nitrogen and oxygen atoms in total. The number of nitrogens with one attached hydrogen (secondary N) is 1. The summed E-state index contributed by atoms with van der Waals surface area (Å²) in [6, 6.07) is 16.3. The van der Waals surface area contributed by atoms with Crippen molar-refractivity contribution in [3.63, 3.8) is 0 Å². The average Bonchev–Trinajstić information content (AvgIpc) is 2.83. The minimum Gasteiger partial charge on any atom is -0.396 e. The van der Waals surface area contributed by atoms with Crippen LogP contribution in [0.5, 0.6) is 0 Å². The van der Waals surface area contributed by atoms with Crippen molar-refractivity contribution >= 4 is 6.03 Å². The first-order chi connectivity index (χ1) is 16.3. The molecule has 34 heavy (non-hydrogen) atoms. The van der Waals surface area contributed by atoms with Gasteiger partial charge in [-0.15, -0.1) is 0 Å². The molecule has 7 heteroatoms. The maximum atomic E-state index is 14.1. The minimum atomic E-state index is -0.673. The van der Waals surface area contributed by atoms with Crippen molar-refractivity contribution in [1.29, 1.82) is 0 Å². The van der Waals surface area contributed by atoms with Gasteiger partial charge in [-0.1, -0.05) is 36.4 Å². The molecule has 1 saturated heterocycles. The number of benzene rings is 3. The molecule has 3 aromatic rings. The number of carbonyl (C=O) groups excluding carboxylic acids is 1. The van der Waals surface area contributed by atoms with Crippen LogP contribution in [-0.4, -0.2) is 29.2 Å². The van der Waals surface area contributed by atoms with Crippen LogP contribution in [0.3, 0.4) is 0 Å². The lowest BCUT2D eigenvalue weighted by molar-refractivity contribution is 0.117. The summed E-state index contributed by atoms with van der Waals surface area (Å²) in [4.78, 5) is 14.9. The van der Waals surface area contributed by atoms with Crippen LogP contribution in [0.25, 0.3) is 11.1 Å². The molecule has 0 spiro atoms. The molecular formula is C27H27F3N2O2. The van der Waals surface area contributed by atoms with E-state index in [1.807, 2.05) is 19.1 Å². The maximum absolute atomic E-state index is 14.1. The summed E-state index contributed by atoms with van der Waals surface area (Å²) < 4.78 is 40.8. The van der Waals surface area contributed by atoms with E-state index in [1.165, 1.54) is 24.3 Å². The Labute approximate surface area is 197 Å². The molecule has 178 valence electrons. The Kier molecular flexibility index (Phi) is 6.93. The maximum Gasteiger partial charge on any atom is 0.318 e. The number of rotatable bonds is 7. The summed E-state index contributed by atoms with van der Waals surface area (Å²) in [5, 5.41) is 12.5. The number of amides is 2. The van der Waals surface area contributed by atoms with Gasteiger partial charge < -0.3 is 15.3 Å². The van der Waals surface area contributed by atoms with Gasteiger partial charge in [0.2, 0.25) is 0 Å². The highest BCUT2D eigenvalue weighted by Gasteiger charge is 2.40. The van der Waals surface area contributed by atoms with Gasteiger partial charge in [-0.2, -0.15) is 0 Å². The Bertz CT molecular complexity index is 1150. The van der Waals surface area contributed by atoms with Gasteiger partial charge in [0.1, 0.15) is 17.5 Å². The molecule has 2 amide bonds. The fraction of sp³-hybridized carbons (Fsp3) is 0.296. The van der Waals surface area contributed by atoms with Crippen molar-refractivity contribution in [1.82, 2.24) is 10.2 Å². The van der Waals surface area contributed by atoms with Gasteiger partial charge in [0, 0.05) is 24.8 Å². The van der Waals surface area contributed by atoms with Gasteiger partial charge in [-0.25, -0.2) is 18.0 Å². The molecular weight excluding hydrogens is 441 g/mol. The van der Waals surface area contributed by atoms with E-state index in [4.69, 9.17) is 0 Å². The van der Waals surface area contributed by atoms with E-state index in [1.54, 1.807) is 29.2 Å². The summed E-state index contributed by atoms with van der Waals surface area (Å²) in [5.41, 5.74) is 1.95. The van der Waals surface area contributed by atoms with Crippen molar-refractivity contribution in [2.45, 2.75) is 37.8 Å². The second kappa shape index (κ2) is 9.89. The smallest absolute Gasteiger partial charge is 0.318 e. The zero-order valence-corrected chi connectivity index (χ0v) is 18.9. The molecule has 0 aromatic heterocycles. The summed E-state index contributed by atoms with van der Waals surface area (Å²) >= 11 is 0. The van der Waals surface area contributed by atoms with Gasteiger partial charge in [0.05, 0.1) is 11.6 Å². The summed E-state index contributed by atoms with van der Waals surface area (Å²) in [7, 11) is 0. The highest BCUT2D eigenvalue weighted by molar-refractivity contribution is 5.77. The first kappa shape index (κ1) is 23.8. The third kappa shape index (κ3) is 4.80. The molecule has 1 fully saturated rings. The van der Waals surface area contributed by atoms with Crippen LogP contribution in [0.4, 0.5) is 18.0 Å². The second-order valence-corrected chi connectivity index (χ2v) is 8.71. The van der Waals surface area contributed by atoms with Gasteiger partial charge in [0.15, 0.2) is 0 Å². The number of halogens is 3. The number of aliphatic hydroxyl groups is 1. The normalized spacial score (nSPS) is 19.1. The van der Waals surface area contributed by atoms with Crippen LogP contribution in [0.2, 0.25) is 0 Å². The minimum absolute atomic E-state index is 0.0000687. The quantitative estimate of drug-likeness (QED) is 0.453. The molecule has 4 rings (SSSR count). The molecule has 0 saturated carbocycles. The molecule has 0 radical (unpaired) electrons. The molecule has 1 heterocycles. The molecule has 2 N–H and O–H groups in total. The number of carbonyl (C=O) groups is 1. The van der Waals surface area contributed by atoms with Crippen LogP contribution in [0.15, 0.2) is 66.7 Å². The van der Waals surface area contributed by atoms with Crippen molar-refractivity contribution < 1.29 is 23.1 Å². The van der Waals surface area contributed by atoms with Gasteiger partial charge in [-0.05, 0) is 67.1 Å². The fourth-order valence-electron chi connectivity index (χ4n) is 4.66. The van der Waals surface area contributed by atoms with Gasteiger partial charge in [-0.3, -0.25) is 0 Å². The Morgan fingerprint density at radius 1 is 1.00 bits per heavy atom. The van der Waals surface area contributed by atoms with E-state index in [-0.39, 0.29) is 24.5 Å². The van der Waals surface area contributed by atoms with Gasteiger partial charge >= 0.3 is 6.03 Å². The van der Waals surface area contributed by atoms with Crippen molar-refractivity contribution in [3.05, 3.63) is 95.3 Å². The first-order valence-corrected chi connectivity index (χ1v) is 11.3. The Balaban J connectivity index is 1.52. The van der Waals surface area contributed by atoms with E-state index in [2.05, 4.69) is 5.32 Å². The third-order valence-corrected chi connectivity index (χ3v) is 6.65. The summed E-state index contributed by atoms with van der Waals surface area (Å²) in [6.07, 6.45) is 1.66. The number of urea groups is 1. The SMILES string of the molecule is C[C@@H](c1ccc(-c2ccc(F)cc2F)cc1)N1CC[C@](CCCO)(c2ccc(F)cc2)NC1=O.